The molecular formula is C14H27NO2. The van der Waals surface area contributed by atoms with E-state index in [2.05, 4.69) is 26.1 Å². The second kappa shape index (κ2) is 6.39. The van der Waals surface area contributed by atoms with Gasteiger partial charge < -0.3 is 10.1 Å². The third-order valence-corrected chi connectivity index (χ3v) is 4.12. The first kappa shape index (κ1) is 14.5. The Morgan fingerprint density at radius 1 is 1.41 bits per heavy atom. The van der Waals surface area contributed by atoms with Gasteiger partial charge in [0.15, 0.2) is 0 Å². The minimum Gasteiger partial charge on any atom is -0.468 e. The molecule has 0 amide bonds. The van der Waals surface area contributed by atoms with E-state index in [-0.39, 0.29) is 5.97 Å². The smallest absolute Gasteiger partial charge is 0.326 e. The lowest BCUT2D eigenvalue weighted by Gasteiger charge is -2.39. The van der Waals surface area contributed by atoms with Gasteiger partial charge in [-0.2, -0.15) is 0 Å². The maximum atomic E-state index is 12.0. The molecule has 0 aromatic heterocycles. The van der Waals surface area contributed by atoms with Crippen LogP contribution in [0.1, 0.15) is 52.9 Å². The highest BCUT2D eigenvalue weighted by molar-refractivity contribution is 5.80. The van der Waals surface area contributed by atoms with E-state index in [9.17, 15) is 4.79 Å². The van der Waals surface area contributed by atoms with Crippen LogP contribution in [0.15, 0.2) is 0 Å². The Morgan fingerprint density at radius 2 is 2.00 bits per heavy atom. The number of carbonyl (C=O) groups is 1. The molecule has 1 aliphatic carbocycles. The summed E-state index contributed by atoms with van der Waals surface area (Å²) >= 11 is 0. The van der Waals surface area contributed by atoms with E-state index in [1.165, 1.54) is 7.11 Å². The molecule has 0 unspecified atom stereocenters. The van der Waals surface area contributed by atoms with Crippen molar-refractivity contribution in [2.75, 3.05) is 13.7 Å². The van der Waals surface area contributed by atoms with Crippen LogP contribution < -0.4 is 5.32 Å². The predicted molar refractivity (Wildman–Crippen MR) is 69.8 cm³/mol. The molecule has 3 heteroatoms. The molecule has 1 saturated carbocycles. The second-order valence-corrected chi connectivity index (χ2v) is 5.58. The Labute approximate surface area is 105 Å². The molecule has 0 aliphatic heterocycles. The average molecular weight is 241 g/mol. The number of methoxy groups -OCH3 is 1. The molecule has 0 spiro atoms. The van der Waals surface area contributed by atoms with Crippen molar-refractivity contribution in [3.05, 3.63) is 0 Å². The molecule has 1 rings (SSSR count). The molecule has 3 nitrogen and oxygen atoms in total. The van der Waals surface area contributed by atoms with Crippen LogP contribution in [0.4, 0.5) is 0 Å². The molecule has 0 atom stereocenters. The van der Waals surface area contributed by atoms with Gasteiger partial charge in [0.1, 0.15) is 5.54 Å². The zero-order valence-electron chi connectivity index (χ0n) is 11.7. The van der Waals surface area contributed by atoms with Crippen LogP contribution in [0.5, 0.6) is 0 Å². The van der Waals surface area contributed by atoms with Crippen molar-refractivity contribution in [1.82, 2.24) is 5.32 Å². The van der Waals surface area contributed by atoms with E-state index in [4.69, 9.17) is 4.74 Å². The predicted octanol–water partition coefficient (Wildman–Crippen LogP) is 2.74. The van der Waals surface area contributed by atoms with Gasteiger partial charge in [-0.05, 0) is 50.5 Å². The van der Waals surface area contributed by atoms with Crippen LogP contribution in [0.3, 0.4) is 0 Å². The number of rotatable bonds is 5. The summed E-state index contributed by atoms with van der Waals surface area (Å²) in [5, 5.41) is 3.42. The standard InChI is InChI=1S/C14H27NO2/c1-5-10-15-14(13(16)17-4)8-6-12(7-9-14)11(2)3/h11-12,15H,5-10H2,1-4H3. The summed E-state index contributed by atoms with van der Waals surface area (Å²) in [5.41, 5.74) is -0.407. The van der Waals surface area contributed by atoms with Crippen LogP contribution in [-0.2, 0) is 9.53 Å². The number of ether oxygens (including phenoxy) is 1. The highest BCUT2D eigenvalue weighted by Crippen LogP contribution is 2.36. The first-order valence-electron chi connectivity index (χ1n) is 6.89. The van der Waals surface area contributed by atoms with Crippen molar-refractivity contribution in [2.45, 2.75) is 58.4 Å². The molecule has 0 heterocycles. The Kier molecular flexibility index (Phi) is 5.44. The monoisotopic (exact) mass is 241 g/mol. The number of hydrogen-bond donors (Lipinski definition) is 1. The van der Waals surface area contributed by atoms with Crippen LogP contribution in [0.2, 0.25) is 0 Å². The molecule has 17 heavy (non-hydrogen) atoms. The van der Waals surface area contributed by atoms with Gasteiger partial charge in [-0.15, -0.1) is 0 Å². The minimum absolute atomic E-state index is 0.0758. The van der Waals surface area contributed by atoms with E-state index in [1.54, 1.807) is 0 Å². The van der Waals surface area contributed by atoms with Crippen molar-refractivity contribution >= 4 is 5.97 Å². The molecule has 0 saturated heterocycles. The molecular weight excluding hydrogens is 214 g/mol. The minimum atomic E-state index is -0.407. The van der Waals surface area contributed by atoms with Gasteiger partial charge in [-0.3, -0.25) is 4.79 Å². The lowest BCUT2D eigenvalue weighted by molar-refractivity contribution is -0.150. The summed E-state index contributed by atoms with van der Waals surface area (Å²) < 4.78 is 4.98. The van der Waals surface area contributed by atoms with Crippen molar-refractivity contribution in [2.24, 2.45) is 11.8 Å². The fourth-order valence-corrected chi connectivity index (χ4v) is 2.81. The van der Waals surface area contributed by atoms with Gasteiger partial charge in [-0.25, -0.2) is 0 Å². The lowest BCUT2D eigenvalue weighted by atomic mass is 9.72. The largest absolute Gasteiger partial charge is 0.468 e. The summed E-state index contributed by atoms with van der Waals surface area (Å²) in [6.07, 6.45) is 5.14. The zero-order valence-corrected chi connectivity index (χ0v) is 11.7. The van der Waals surface area contributed by atoms with E-state index < -0.39 is 5.54 Å². The SMILES string of the molecule is CCCNC1(C(=O)OC)CCC(C(C)C)CC1. The molecule has 1 N–H and O–H groups in total. The van der Waals surface area contributed by atoms with Gasteiger partial charge >= 0.3 is 5.97 Å². The van der Waals surface area contributed by atoms with Crippen LogP contribution in [-0.4, -0.2) is 25.2 Å². The molecule has 1 fully saturated rings. The maximum Gasteiger partial charge on any atom is 0.326 e. The van der Waals surface area contributed by atoms with Crippen LogP contribution in [0.25, 0.3) is 0 Å². The maximum absolute atomic E-state index is 12.0. The summed E-state index contributed by atoms with van der Waals surface area (Å²) in [6.45, 7) is 7.56. The molecule has 0 aromatic rings. The van der Waals surface area contributed by atoms with Gasteiger partial charge in [0.05, 0.1) is 7.11 Å². The Balaban J connectivity index is 2.65. The highest BCUT2D eigenvalue weighted by Gasteiger charge is 2.42. The van der Waals surface area contributed by atoms with Crippen LogP contribution >= 0.6 is 0 Å². The van der Waals surface area contributed by atoms with Gasteiger partial charge in [-0.1, -0.05) is 20.8 Å². The van der Waals surface area contributed by atoms with E-state index in [0.717, 1.165) is 50.5 Å². The van der Waals surface area contributed by atoms with Gasteiger partial charge in [0.2, 0.25) is 0 Å². The Bertz CT molecular complexity index is 243. The topological polar surface area (TPSA) is 38.3 Å². The van der Waals surface area contributed by atoms with E-state index in [1.807, 2.05) is 0 Å². The zero-order chi connectivity index (χ0) is 12.9. The summed E-state index contributed by atoms with van der Waals surface area (Å²) in [6, 6.07) is 0. The summed E-state index contributed by atoms with van der Waals surface area (Å²) in [4.78, 5) is 12.0. The summed E-state index contributed by atoms with van der Waals surface area (Å²) in [7, 11) is 1.49. The number of hydrogen-bond acceptors (Lipinski definition) is 3. The van der Waals surface area contributed by atoms with E-state index in [0.29, 0.717) is 0 Å². The first-order chi connectivity index (χ1) is 8.05. The molecule has 1 aliphatic rings. The summed E-state index contributed by atoms with van der Waals surface area (Å²) in [5.74, 6) is 1.40. The van der Waals surface area contributed by atoms with Crippen molar-refractivity contribution in [3.8, 4) is 0 Å². The molecule has 0 radical (unpaired) electrons. The molecule has 100 valence electrons. The lowest BCUT2D eigenvalue weighted by Crippen LogP contribution is -2.55. The number of carbonyl (C=O) groups excluding carboxylic acids is 1. The number of esters is 1. The fraction of sp³-hybridized carbons (Fsp3) is 0.929. The number of nitrogens with one attached hydrogen (secondary N) is 1. The third-order valence-electron chi connectivity index (χ3n) is 4.12. The fourth-order valence-electron chi connectivity index (χ4n) is 2.81. The molecule has 0 aromatic carbocycles. The van der Waals surface area contributed by atoms with E-state index >= 15 is 0 Å². The quantitative estimate of drug-likeness (QED) is 0.752. The normalized spacial score (nSPS) is 29.4. The molecule has 0 bridgehead atoms. The Hall–Kier alpha value is -0.570. The van der Waals surface area contributed by atoms with Gasteiger partial charge in [0.25, 0.3) is 0 Å². The second-order valence-electron chi connectivity index (χ2n) is 5.58. The third kappa shape index (κ3) is 3.44. The van der Waals surface area contributed by atoms with Gasteiger partial charge in [0, 0.05) is 0 Å². The first-order valence-corrected chi connectivity index (χ1v) is 6.89. The van der Waals surface area contributed by atoms with Crippen molar-refractivity contribution in [3.63, 3.8) is 0 Å². The van der Waals surface area contributed by atoms with Crippen molar-refractivity contribution in [1.29, 1.82) is 0 Å². The Morgan fingerprint density at radius 3 is 2.41 bits per heavy atom. The van der Waals surface area contributed by atoms with Crippen LogP contribution in [0, 0.1) is 11.8 Å². The highest BCUT2D eigenvalue weighted by atomic mass is 16.5. The van der Waals surface area contributed by atoms with Crippen molar-refractivity contribution < 1.29 is 9.53 Å². The average Bonchev–Trinajstić information content (AvgIpc) is 2.35.